The second-order valence-electron chi connectivity index (χ2n) is 8.92. The lowest BCUT2D eigenvalue weighted by Gasteiger charge is -2.31. The number of carbonyl (C=O) groups is 1. The Bertz CT molecular complexity index is 1010. The number of aromatic nitrogens is 1. The highest BCUT2D eigenvalue weighted by Crippen LogP contribution is 2.29. The zero-order valence-corrected chi connectivity index (χ0v) is 20.7. The van der Waals surface area contributed by atoms with Crippen molar-refractivity contribution >= 4 is 27.5 Å². The van der Waals surface area contributed by atoms with Crippen LogP contribution >= 0.6 is 11.6 Å². The van der Waals surface area contributed by atoms with Gasteiger partial charge in [0, 0.05) is 24.0 Å². The molecule has 1 amide bonds. The molecule has 9 heteroatoms. The van der Waals surface area contributed by atoms with E-state index in [-0.39, 0.29) is 22.8 Å². The Morgan fingerprint density at radius 1 is 1.19 bits per heavy atom. The van der Waals surface area contributed by atoms with E-state index in [1.807, 2.05) is 24.3 Å². The van der Waals surface area contributed by atoms with Gasteiger partial charge >= 0.3 is 0 Å². The second kappa shape index (κ2) is 10.4. The number of halogens is 1. The Morgan fingerprint density at radius 3 is 2.34 bits per heavy atom. The number of aryl methyl sites for hydroxylation is 2. The Balaban J connectivity index is 1.65. The summed E-state index contributed by atoms with van der Waals surface area (Å²) in [5.74, 6) is 0.570. The van der Waals surface area contributed by atoms with Crippen molar-refractivity contribution in [1.29, 1.82) is 0 Å². The molecule has 1 aliphatic rings. The molecule has 0 spiro atoms. The van der Waals surface area contributed by atoms with Gasteiger partial charge in [0.25, 0.3) is 0 Å². The van der Waals surface area contributed by atoms with Crippen molar-refractivity contribution in [3.63, 3.8) is 0 Å². The van der Waals surface area contributed by atoms with Gasteiger partial charge < -0.3 is 9.84 Å². The standard InChI is InChI=1S/C23H32ClN3O4S/c1-15(2)5-10-21(18-6-8-20(24)9-7-18)25-23(28)19-11-13-27(14-12-19)32(29,30)22-16(3)26-31-17(22)4/h6-9,15,19,21H,5,10-14H2,1-4H3,(H,25,28). The molecule has 1 aromatic heterocycles. The summed E-state index contributed by atoms with van der Waals surface area (Å²) in [5.41, 5.74) is 1.39. The number of carbonyl (C=O) groups excluding carboxylic acids is 1. The van der Waals surface area contributed by atoms with Gasteiger partial charge in [0.05, 0.1) is 6.04 Å². The van der Waals surface area contributed by atoms with E-state index in [1.54, 1.807) is 13.8 Å². The lowest BCUT2D eigenvalue weighted by atomic mass is 9.94. The van der Waals surface area contributed by atoms with Crippen LogP contribution in [0.15, 0.2) is 33.7 Å². The Labute approximate surface area is 195 Å². The van der Waals surface area contributed by atoms with Gasteiger partial charge in [-0.25, -0.2) is 8.42 Å². The van der Waals surface area contributed by atoms with Crippen LogP contribution in [0.5, 0.6) is 0 Å². The summed E-state index contributed by atoms with van der Waals surface area (Å²) < 4.78 is 32.5. The van der Waals surface area contributed by atoms with Crippen molar-refractivity contribution in [1.82, 2.24) is 14.8 Å². The smallest absolute Gasteiger partial charge is 0.248 e. The summed E-state index contributed by atoms with van der Waals surface area (Å²) in [6.07, 6.45) is 2.78. The molecule has 2 aromatic rings. The van der Waals surface area contributed by atoms with Crippen LogP contribution < -0.4 is 5.32 Å². The van der Waals surface area contributed by atoms with Crippen molar-refractivity contribution < 1.29 is 17.7 Å². The predicted octanol–water partition coefficient (Wildman–Crippen LogP) is 4.64. The van der Waals surface area contributed by atoms with Crippen molar-refractivity contribution in [3.05, 3.63) is 46.3 Å². The first-order valence-electron chi connectivity index (χ1n) is 11.1. The van der Waals surface area contributed by atoms with Gasteiger partial charge in [-0.15, -0.1) is 0 Å². The third-order valence-electron chi connectivity index (χ3n) is 6.01. The van der Waals surface area contributed by atoms with Gasteiger partial charge in [-0.2, -0.15) is 4.31 Å². The van der Waals surface area contributed by atoms with Gasteiger partial charge in [-0.1, -0.05) is 42.7 Å². The number of benzene rings is 1. The van der Waals surface area contributed by atoms with Crippen molar-refractivity contribution in [2.24, 2.45) is 11.8 Å². The van der Waals surface area contributed by atoms with Crippen LogP contribution in [0, 0.1) is 25.7 Å². The molecule has 0 aliphatic carbocycles. The average Bonchev–Trinajstić information content (AvgIpc) is 3.10. The van der Waals surface area contributed by atoms with E-state index in [9.17, 15) is 13.2 Å². The fourth-order valence-corrected chi connectivity index (χ4v) is 6.02. The Hall–Kier alpha value is -1.90. The molecule has 32 heavy (non-hydrogen) atoms. The number of sulfonamides is 1. The van der Waals surface area contributed by atoms with E-state index in [4.69, 9.17) is 16.1 Å². The second-order valence-corrected chi connectivity index (χ2v) is 11.2. The first kappa shape index (κ1) is 24.7. The topological polar surface area (TPSA) is 92.5 Å². The van der Waals surface area contributed by atoms with Gasteiger partial charge in [-0.3, -0.25) is 4.79 Å². The highest BCUT2D eigenvalue weighted by Gasteiger charge is 2.35. The van der Waals surface area contributed by atoms with Crippen LogP contribution in [0.4, 0.5) is 0 Å². The summed E-state index contributed by atoms with van der Waals surface area (Å²) in [4.78, 5) is 13.2. The first-order chi connectivity index (χ1) is 15.1. The molecule has 1 aromatic carbocycles. The van der Waals surface area contributed by atoms with Crippen LogP contribution in [0.25, 0.3) is 0 Å². The maximum absolute atomic E-state index is 13.1. The van der Waals surface area contributed by atoms with E-state index in [0.717, 1.165) is 18.4 Å². The maximum Gasteiger partial charge on any atom is 0.248 e. The zero-order chi connectivity index (χ0) is 23.5. The molecule has 176 valence electrons. The number of amides is 1. The molecule has 2 heterocycles. The lowest BCUT2D eigenvalue weighted by molar-refractivity contribution is -0.127. The minimum absolute atomic E-state index is 0.0249. The molecule has 1 N–H and O–H groups in total. The van der Waals surface area contributed by atoms with Gasteiger partial charge in [0.1, 0.15) is 10.6 Å². The quantitative estimate of drug-likeness (QED) is 0.592. The Kier molecular flexibility index (Phi) is 8.01. The number of hydrogen-bond donors (Lipinski definition) is 1. The SMILES string of the molecule is Cc1noc(C)c1S(=O)(=O)N1CCC(C(=O)NC(CCC(C)C)c2ccc(Cl)cc2)CC1. The van der Waals surface area contributed by atoms with E-state index >= 15 is 0 Å². The predicted molar refractivity (Wildman–Crippen MR) is 124 cm³/mol. The normalized spacial score (nSPS) is 16.9. The van der Waals surface area contributed by atoms with E-state index < -0.39 is 10.0 Å². The number of piperidine rings is 1. The van der Waals surface area contributed by atoms with Crippen molar-refractivity contribution in [2.45, 2.75) is 64.3 Å². The average molecular weight is 482 g/mol. The molecular weight excluding hydrogens is 450 g/mol. The molecule has 0 bridgehead atoms. The minimum Gasteiger partial charge on any atom is -0.360 e. The van der Waals surface area contributed by atoms with Gasteiger partial charge in [-0.05, 0) is 63.1 Å². The monoisotopic (exact) mass is 481 g/mol. The molecule has 1 saturated heterocycles. The molecule has 3 rings (SSSR count). The number of nitrogens with zero attached hydrogens (tertiary/aromatic N) is 2. The minimum atomic E-state index is -3.68. The molecule has 7 nitrogen and oxygen atoms in total. The number of rotatable bonds is 8. The summed E-state index contributed by atoms with van der Waals surface area (Å²) in [7, 11) is -3.68. The van der Waals surface area contributed by atoms with Crippen LogP contribution in [-0.2, 0) is 14.8 Å². The van der Waals surface area contributed by atoms with Crippen LogP contribution in [0.3, 0.4) is 0 Å². The van der Waals surface area contributed by atoms with Crippen molar-refractivity contribution in [3.8, 4) is 0 Å². The highest BCUT2D eigenvalue weighted by molar-refractivity contribution is 7.89. The summed E-state index contributed by atoms with van der Waals surface area (Å²) in [6.45, 7) is 8.13. The van der Waals surface area contributed by atoms with E-state index in [0.29, 0.717) is 48.3 Å². The largest absolute Gasteiger partial charge is 0.360 e. The molecule has 1 fully saturated rings. The molecule has 0 saturated carbocycles. The molecular formula is C23H32ClN3O4S. The molecule has 1 aliphatic heterocycles. The number of hydrogen-bond acceptors (Lipinski definition) is 5. The van der Waals surface area contributed by atoms with Crippen molar-refractivity contribution in [2.75, 3.05) is 13.1 Å². The molecule has 0 radical (unpaired) electrons. The third-order valence-corrected chi connectivity index (χ3v) is 8.41. The van der Waals surface area contributed by atoms with Crippen LogP contribution in [0.1, 0.15) is 62.6 Å². The summed E-state index contributed by atoms with van der Waals surface area (Å²) in [6, 6.07) is 7.48. The molecule has 1 atom stereocenters. The Morgan fingerprint density at radius 2 is 1.81 bits per heavy atom. The zero-order valence-electron chi connectivity index (χ0n) is 19.1. The van der Waals surface area contributed by atoms with E-state index in [1.165, 1.54) is 4.31 Å². The van der Waals surface area contributed by atoms with Gasteiger partial charge in [0.2, 0.25) is 15.9 Å². The maximum atomic E-state index is 13.1. The van der Waals surface area contributed by atoms with Crippen LogP contribution in [-0.4, -0.2) is 36.9 Å². The highest BCUT2D eigenvalue weighted by atomic mass is 35.5. The van der Waals surface area contributed by atoms with E-state index in [2.05, 4.69) is 24.3 Å². The summed E-state index contributed by atoms with van der Waals surface area (Å²) >= 11 is 6.03. The third kappa shape index (κ3) is 5.71. The fraction of sp³-hybridized carbons (Fsp3) is 0.565. The summed E-state index contributed by atoms with van der Waals surface area (Å²) in [5, 5.41) is 7.63. The molecule has 1 unspecified atom stereocenters. The van der Waals surface area contributed by atoms with Gasteiger partial charge in [0.15, 0.2) is 5.76 Å². The fourth-order valence-electron chi connectivity index (χ4n) is 4.14. The first-order valence-corrected chi connectivity index (χ1v) is 12.9. The van der Waals surface area contributed by atoms with Crippen LogP contribution in [0.2, 0.25) is 5.02 Å². The number of nitrogens with one attached hydrogen (secondary N) is 1. The lowest BCUT2D eigenvalue weighted by Crippen LogP contribution is -2.43.